The highest BCUT2D eigenvalue weighted by Crippen LogP contribution is 2.26. The summed E-state index contributed by atoms with van der Waals surface area (Å²) in [7, 11) is 0. The Morgan fingerprint density at radius 1 is 0.735 bits per heavy atom. The second-order valence-electron chi connectivity index (χ2n) is 15.1. The predicted molar refractivity (Wildman–Crippen MR) is 195 cm³/mol. The largest absolute Gasteiger partial charge is 0.458 e. The van der Waals surface area contributed by atoms with Gasteiger partial charge in [0, 0.05) is 13.0 Å². The van der Waals surface area contributed by atoms with E-state index in [-0.39, 0.29) is 18.9 Å². The third-order valence-electron chi connectivity index (χ3n) is 7.94. The number of nitrogens with zero attached hydrogens (tertiary/aromatic N) is 1. The maximum absolute atomic E-state index is 14.6. The van der Waals surface area contributed by atoms with Crippen LogP contribution in [0.5, 0.6) is 0 Å². The lowest BCUT2D eigenvalue weighted by molar-refractivity contribution is -0.159. The van der Waals surface area contributed by atoms with Gasteiger partial charge in [0.15, 0.2) is 0 Å². The quantitative estimate of drug-likeness (QED) is 0.131. The van der Waals surface area contributed by atoms with Crippen molar-refractivity contribution in [3.63, 3.8) is 0 Å². The van der Waals surface area contributed by atoms with Gasteiger partial charge in [-0.15, -0.1) is 0 Å². The molecule has 3 amide bonds. The van der Waals surface area contributed by atoms with Crippen LogP contribution in [0, 0.1) is 5.92 Å². The van der Waals surface area contributed by atoms with Gasteiger partial charge in [-0.2, -0.15) is 0 Å². The molecule has 2 aromatic rings. The Bertz CT molecular complexity index is 1330. The van der Waals surface area contributed by atoms with Crippen molar-refractivity contribution >= 4 is 23.9 Å². The Morgan fingerprint density at radius 2 is 1.33 bits per heavy atom. The lowest BCUT2D eigenvalue weighted by atomic mass is 9.96. The van der Waals surface area contributed by atoms with Gasteiger partial charge in [0.05, 0.1) is 0 Å². The standard InChI is InChI=1S/C40H61N3O6/c1-11-13-14-15-19-26-43(36(45)33(28(3)4)42-38(47)49-40(8,9)10)34(31-24-22-29(12-2)23-25-31)35(44)41-32(37(46)48-39(5,6)7)27-30-20-17-16-18-21-30/h16-18,20-25,28,32-34H,11-15,19,26-27H2,1-10H3,(H,41,44)(H,42,47). The minimum Gasteiger partial charge on any atom is -0.458 e. The average Bonchev–Trinajstić information content (AvgIpc) is 3.01. The molecule has 0 bridgehead atoms. The third-order valence-corrected chi connectivity index (χ3v) is 7.94. The lowest BCUT2D eigenvalue weighted by Crippen LogP contribution is -2.56. The molecular formula is C40H61N3O6. The van der Waals surface area contributed by atoms with E-state index < -0.39 is 53.2 Å². The highest BCUT2D eigenvalue weighted by molar-refractivity contribution is 5.94. The van der Waals surface area contributed by atoms with Gasteiger partial charge in [0.1, 0.15) is 29.3 Å². The molecule has 49 heavy (non-hydrogen) atoms. The van der Waals surface area contributed by atoms with Crippen molar-refractivity contribution in [1.29, 1.82) is 0 Å². The van der Waals surface area contributed by atoms with E-state index in [0.717, 1.165) is 43.2 Å². The Balaban J connectivity index is 2.63. The van der Waals surface area contributed by atoms with Gasteiger partial charge in [-0.05, 0) is 77.0 Å². The van der Waals surface area contributed by atoms with E-state index >= 15 is 0 Å². The van der Waals surface area contributed by atoms with Gasteiger partial charge < -0.3 is 25.0 Å². The molecule has 9 nitrogen and oxygen atoms in total. The van der Waals surface area contributed by atoms with Crippen LogP contribution in [-0.4, -0.2) is 58.6 Å². The van der Waals surface area contributed by atoms with Crippen LogP contribution in [0.4, 0.5) is 4.79 Å². The zero-order valence-corrected chi connectivity index (χ0v) is 31.6. The molecule has 0 aliphatic carbocycles. The normalized spacial score (nSPS) is 13.6. The Labute approximate surface area is 294 Å². The van der Waals surface area contributed by atoms with Crippen LogP contribution in [0.15, 0.2) is 54.6 Å². The molecule has 0 saturated heterocycles. The minimum atomic E-state index is -1.08. The molecule has 0 fully saturated rings. The molecule has 0 spiro atoms. The molecule has 0 radical (unpaired) electrons. The molecule has 9 heteroatoms. The molecule has 0 heterocycles. The first-order valence-corrected chi connectivity index (χ1v) is 17.9. The second kappa shape index (κ2) is 19.3. The summed E-state index contributed by atoms with van der Waals surface area (Å²) in [4.78, 5) is 57.3. The highest BCUT2D eigenvalue weighted by atomic mass is 16.6. The average molecular weight is 680 g/mol. The molecule has 0 saturated carbocycles. The molecule has 2 rings (SSSR count). The van der Waals surface area contributed by atoms with Crippen LogP contribution >= 0.6 is 0 Å². The minimum absolute atomic E-state index is 0.211. The molecule has 3 unspecified atom stereocenters. The van der Waals surface area contributed by atoms with Crippen LogP contribution < -0.4 is 10.6 Å². The fourth-order valence-electron chi connectivity index (χ4n) is 5.45. The van der Waals surface area contributed by atoms with Crippen LogP contribution in [0.1, 0.15) is 124 Å². The monoisotopic (exact) mass is 679 g/mol. The number of benzene rings is 2. The Kier molecular flexibility index (Phi) is 16.3. The number of esters is 1. The molecule has 0 aromatic heterocycles. The molecule has 0 aliphatic rings. The number of amides is 3. The molecular weight excluding hydrogens is 618 g/mol. The van der Waals surface area contributed by atoms with Crippen molar-refractivity contribution < 1.29 is 28.7 Å². The predicted octanol–water partition coefficient (Wildman–Crippen LogP) is 7.71. The van der Waals surface area contributed by atoms with E-state index in [1.54, 1.807) is 46.4 Å². The Morgan fingerprint density at radius 3 is 1.86 bits per heavy atom. The fourth-order valence-corrected chi connectivity index (χ4v) is 5.45. The fraction of sp³-hybridized carbons (Fsp3) is 0.600. The molecule has 272 valence electrons. The van der Waals surface area contributed by atoms with Crippen molar-refractivity contribution in [2.24, 2.45) is 5.92 Å². The van der Waals surface area contributed by atoms with E-state index in [9.17, 15) is 19.2 Å². The second-order valence-corrected chi connectivity index (χ2v) is 15.1. The first-order chi connectivity index (χ1) is 23.0. The highest BCUT2D eigenvalue weighted by Gasteiger charge is 2.39. The summed E-state index contributed by atoms with van der Waals surface area (Å²) in [5, 5.41) is 5.77. The summed E-state index contributed by atoms with van der Waals surface area (Å²) in [5.74, 6) is -1.76. The van der Waals surface area contributed by atoms with E-state index in [4.69, 9.17) is 9.47 Å². The number of carbonyl (C=O) groups excluding carboxylic acids is 4. The zero-order chi connectivity index (χ0) is 36.8. The van der Waals surface area contributed by atoms with Crippen molar-refractivity contribution in [2.45, 2.75) is 144 Å². The van der Waals surface area contributed by atoms with E-state index in [1.807, 2.05) is 68.4 Å². The maximum Gasteiger partial charge on any atom is 0.408 e. The van der Waals surface area contributed by atoms with Crippen LogP contribution in [0.25, 0.3) is 0 Å². The smallest absolute Gasteiger partial charge is 0.408 e. The Hall–Kier alpha value is -3.88. The number of unbranched alkanes of at least 4 members (excludes halogenated alkanes) is 4. The summed E-state index contributed by atoms with van der Waals surface area (Å²) in [5.41, 5.74) is 1.02. The van der Waals surface area contributed by atoms with Crippen molar-refractivity contribution in [3.05, 3.63) is 71.3 Å². The molecule has 2 N–H and O–H groups in total. The number of aryl methyl sites for hydroxylation is 1. The SMILES string of the molecule is CCCCCCCN(C(=O)C(NC(=O)OC(C)(C)C)C(C)C)C(C(=O)NC(Cc1ccccc1)C(=O)OC(C)(C)C)c1ccc(CC)cc1. The summed E-state index contributed by atoms with van der Waals surface area (Å²) in [6.07, 6.45) is 5.00. The van der Waals surface area contributed by atoms with E-state index in [2.05, 4.69) is 24.5 Å². The van der Waals surface area contributed by atoms with Gasteiger partial charge in [0.2, 0.25) is 11.8 Å². The zero-order valence-electron chi connectivity index (χ0n) is 31.6. The third kappa shape index (κ3) is 14.6. The van der Waals surface area contributed by atoms with Crippen molar-refractivity contribution in [3.8, 4) is 0 Å². The summed E-state index contributed by atoms with van der Waals surface area (Å²) in [6.45, 7) is 18.8. The summed E-state index contributed by atoms with van der Waals surface area (Å²) >= 11 is 0. The van der Waals surface area contributed by atoms with Crippen LogP contribution in [-0.2, 0) is 36.7 Å². The number of alkyl carbamates (subject to hydrolysis) is 1. The number of nitrogens with one attached hydrogen (secondary N) is 2. The summed E-state index contributed by atoms with van der Waals surface area (Å²) in [6, 6.07) is 14.0. The number of rotatable bonds is 17. The number of hydrogen-bond donors (Lipinski definition) is 2. The van der Waals surface area contributed by atoms with Gasteiger partial charge in [-0.3, -0.25) is 9.59 Å². The topological polar surface area (TPSA) is 114 Å². The van der Waals surface area contributed by atoms with Gasteiger partial charge in [-0.25, -0.2) is 9.59 Å². The van der Waals surface area contributed by atoms with Crippen LogP contribution in [0.3, 0.4) is 0 Å². The maximum atomic E-state index is 14.6. The van der Waals surface area contributed by atoms with E-state index in [1.165, 1.54) is 0 Å². The molecule has 2 aromatic carbocycles. The first kappa shape index (κ1) is 41.3. The van der Waals surface area contributed by atoms with Gasteiger partial charge in [0.25, 0.3) is 0 Å². The summed E-state index contributed by atoms with van der Waals surface area (Å²) < 4.78 is 11.3. The number of ether oxygens (including phenoxy) is 2. The molecule has 0 aliphatic heterocycles. The number of carbonyl (C=O) groups is 4. The lowest BCUT2D eigenvalue weighted by Gasteiger charge is -2.36. The van der Waals surface area contributed by atoms with Gasteiger partial charge >= 0.3 is 12.1 Å². The number of hydrogen-bond acceptors (Lipinski definition) is 6. The van der Waals surface area contributed by atoms with Crippen molar-refractivity contribution in [1.82, 2.24) is 15.5 Å². The van der Waals surface area contributed by atoms with Crippen LogP contribution in [0.2, 0.25) is 0 Å². The first-order valence-electron chi connectivity index (χ1n) is 17.9. The van der Waals surface area contributed by atoms with Gasteiger partial charge in [-0.1, -0.05) is 108 Å². The van der Waals surface area contributed by atoms with Crippen molar-refractivity contribution in [2.75, 3.05) is 6.54 Å². The van der Waals surface area contributed by atoms with E-state index in [0.29, 0.717) is 12.0 Å². The molecule has 3 atom stereocenters.